The SMILES string of the molecule is CO[C@@H]1CN(c2cccc(-c3cccc(Cl)c3OCc3cc(C)c4c(c3)CCN(C(=O)OC(C)(C)C)C4)n2)CC[C@@H]1C(=O)OC(C)(C)C. The number of fused-ring (bicyclic) bond motifs is 1. The molecule has 5 rings (SSSR count). The number of nitrogens with zero attached hydrogens (tertiary/aromatic N) is 3. The first-order chi connectivity index (χ1) is 22.6. The van der Waals surface area contributed by atoms with Crippen molar-refractivity contribution in [2.45, 2.75) is 91.8 Å². The van der Waals surface area contributed by atoms with Crippen molar-refractivity contribution >= 4 is 29.5 Å². The van der Waals surface area contributed by atoms with Gasteiger partial charge < -0.3 is 28.7 Å². The van der Waals surface area contributed by atoms with E-state index in [9.17, 15) is 9.59 Å². The van der Waals surface area contributed by atoms with Crippen molar-refractivity contribution in [3.63, 3.8) is 0 Å². The number of ether oxygens (including phenoxy) is 4. The molecule has 0 radical (unpaired) electrons. The van der Waals surface area contributed by atoms with Crippen LogP contribution in [0, 0.1) is 12.8 Å². The third-order valence-electron chi connectivity index (χ3n) is 8.53. The standard InChI is InChI=1S/C38H48ClN3O6/c1-24-19-25(20-26-15-17-42(21-29(24)26)36(44)48-38(5,6)7)23-46-34-27(11-9-12-30(34)39)31-13-10-14-33(40-31)41-18-16-28(32(22-41)45-8)35(43)47-37(2,3)4/h9-14,19-20,28,32H,15-18,21-23H2,1-8H3/t28-,32+/m0/s1. The highest BCUT2D eigenvalue weighted by Gasteiger charge is 2.37. The molecule has 1 amide bonds. The summed E-state index contributed by atoms with van der Waals surface area (Å²) in [6.07, 6.45) is 0.748. The van der Waals surface area contributed by atoms with Crippen molar-refractivity contribution in [2.75, 3.05) is 31.6 Å². The van der Waals surface area contributed by atoms with Crippen molar-refractivity contribution in [1.82, 2.24) is 9.88 Å². The molecule has 0 spiro atoms. The third-order valence-corrected chi connectivity index (χ3v) is 8.83. The van der Waals surface area contributed by atoms with Crippen molar-refractivity contribution in [3.8, 4) is 17.0 Å². The molecule has 0 aliphatic carbocycles. The summed E-state index contributed by atoms with van der Waals surface area (Å²) in [5.74, 6) is 0.786. The molecule has 3 heterocycles. The molecule has 2 aliphatic rings. The Morgan fingerprint density at radius 2 is 1.71 bits per heavy atom. The first kappa shape index (κ1) is 35.5. The maximum absolute atomic E-state index is 12.9. The topological polar surface area (TPSA) is 90.4 Å². The Labute approximate surface area is 289 Å². The predicted octanol–water partition coefficient (Wildman–Crippen LogP) is 7.77. The van der Waals surface area contributed by atoms with Gasteiger partial charge in [-0.15, -0.1) is 0 Å². The zero-order valence-electron chi connectivity index (χ0n) is 29.4. The number of piperidine rings is 1. The van der Waals surface area contributed by atoms with Crippen LogP contribution in [0.1, 0.15) is 70.2 Å². The zero-order valence-corrected chi connectivity index (χ0v) is 30.1. The molecular formula is C38H48ClN3O6. The second-order valence-corrected chi connectivity index (χ2v) is 15.0. The van der Waals surface area contributed by atoms with E-state index < -0.39 is 11.2 Å². The molecule has 0 unspecified atom stereocenters. The molecule has 9 nitrogen and oxygen atoms in total. The second kappa shape index (κ2) is 14.3. The summed E-state index contributed by atoms with van der Waals surface area (Å²) in [6, 6.07) is 15.8. The van der Waals surface area contributed by atoms with Gasteiger partial charge in [0.15, 0.2) is 0 Å². The van der Waals surface area contributed by atoms with E-state index in [2.05, 4.69) is 24.0 Å². The van der Waals surface area contributed by atoms with Crippen molar-refractivity contribution in [3.05, 3.63) is 75.8 Å². The fourth-order valence-corrected chi connectivity index (χ4v) is 6.51. The molecule has 0 N–H and O–H groups in total. The maximum atomic E-state index is 12.9. The van der Waals surface area contributed by atoms with Gasteiger partial charge in [-0.05, 0) is 108 Å². The Hall–Kier alpha value is -3.82. The van der Waals surface area contributed by atoms with Crippen LogP contribution in [0.15, 0.2) is 48.5 Å². The zero-order chi connectivity index (χ0) is 34.8. The van der Waals surface area contributed by atoms with Crippen LogP contribution in [0.25, 0.3) is 11.3 Å². The molecule has 10 heteroatoms. The summed E-state index contributed by atoms with van der Waals surface area (Å²) >= 11 is 6.73. The fourth-order valence-electron chi connectivity index (χ4n) is 6.28. The lowest BCUT2D eigenvalue weighted by molar-refractivity contribution is -0.165. The number of rotatable bonds is 7. The number of benzene rings is 2. The van der Waals surface area contributed by atoms with E-state index in [1.807, 2.05) is 77.9 Å². The van der Waals surface area contributed by atoms with Gasteiger partial charge in [0, 0.05) is 38.9 Å². The van der Waals surface area contributed by atoms with Gasteiger partial charge in [-0.2, -0.15) is 0 Å². The quantitative estimate of drug-likeness (QED) is 0.234. The summed E-state index contributed by atoms with van der Waals surface area (Å²) in [4.78, 5) is 34.5. The van der Waals surface area contributed by atoms with E-state index in [1.54, 1.807) is 12.0 Å². The third kappa shape index (κ3) is 8.60. The van der Waals surface area contributed by atoms with Crippen molar-refractivity contribution in [1.29, 1.82) is 0 Å². The number of esters is 1. The Kier molecular flexibility index (Phi) is 10.6. The number of aryl methyl sites for hydroxylation is 1. The number of carbonyl (C=O) groups is 2. The first-order valence-electron chi connectivity index (χ1n) is 16.6. The number of pyridine rings is 1. The summed E-state index contributed by atoms with van der Waals surface area (Å²) < 4.78 is 23.5. The minimum Gasteiger partial charge on any atom is -0.487 e. The molecule has 2 aliphatic heterocycles. The van der Waals surface area contributed by atoms with Crippen molar-refractivity contribution < 1.29 is 28.5 Å². The van der Waals surface area contributed by atoms with Crippen molar-refractivity contribution in [2.24, 2.45) is 5.92 Å². The number of carbonyl (C=O) groups excluding carboxylic acids is 2. The number of anilines is 1. The summed E-state index contributed by atoms with van der Waals surface area (Å²) in [6.45, 7) is 16.0. The number of hydrogen-bond acceptors (Lipinski definition) is 8. The van der Waals surface area contributed by atoms with Crippen LogP contribution < -0.4 is 9.64 Å². The Morgan fingerprint density at radius 3 is 2.42 bits per heavy atom. The van der Waals surface area contributed by atoms with Gasteiger partial charge in [0.25, 0.3) is 0 Å². The highest BCUT2D eigenvalue weighted by atomic mass is 35.5. The molecule has 0 bridgehead atoms. The fraction of sp³-hybridized carbons (Fsp3) is 0.500. The summed E-state index contributed by atoms with van der Waals surface area (Å²) in [7, 11) is 1.63. The number of para-hydroxylation sites is 1. The second-order valence-electron chi connectivity index (χ2n) is 14.6. The van der Waals surface area contributed by atoms with Gasteiger partial charge in [0.05, 0.1) is 22.7 Å². The van der Waals surface area contributed by atoms with Gasteiger partial charge in [-0.1, -0.05) is 35.9 Å². The van der Waals surface area contributed by atoms with Crippen LogP contribution in [0.2, 0.25) is 5.02 Å². The van der Waals surface area contributed by atoms with E-state index in [0.717, 1.165) is 40.2 Å². The van der Waals surface area contributed by atoms with E-state index >= 15 is 0 Å². The Morgan fingerprint density at radius 1 is 0.979 bits per heavy atom. The molecular weight excluding hydrogens is 630 g/mol. The molecule has 258 valence electrons. The smallest absolute Gasteiger partial charge is 0.410 e. The average molecular weight is 678 g/mol. The molecule has 1 saturated heterocycles. The monoisotopic (exact) mass is 677 g/mol. The van der Waals surface area contributed by atoms with Gasteiger partial charge >= 0.3 is 12.1 Å². The molecule has 1 aromatic heterocycles. The predicted molar refractivity (Wildman–Crippen MR) is 188 cm³/mol. The summed E-state index contributed by atoms with van der Waals surface area (Å²) in [5.41, 5.74) is 4.95. The van der Waals surface area contributed by atoms with E-state index in [-0.39, 0.29) is 24.1 Å². The number of aromatic nitrogens is 1. The van der Waals surface area contributed by atoms with Crippen LogP contribution in [-0.4, -0.2) is 66.0 Å². The lowest BCUT2D eigenvalue weighted by atomic mass is 9.93. The lowest BCUT2D eigenvalue weighted by Crippen LogP contribution is -2.49. The molecule has 48 heavy (non-hydrogen) atoms. The molecule has 2 aromatic carbocycles. The number of methoxy groups -OCH3 is 1. The lowest BCUT2D eigenvalue weighted by Gasteiger charge is -2.38. The van der Waals surface area contributed by atoms with Gasteiger partial charge in [0.1, 0.15) is 29.4 Å². The van der Waals surface area contributed by atoms with Gasteiger partial charge in [-0.25, -0.2) is 9.78 Å². The van der Waals surface area contributed by atoms with Crippen LogP contribution in [0.3, 0.4) is 0 Å². The number of amides is 1. The molecule has 0 saturated carbocycles. The normalized spacial score (nSPS) is 18.3. The van der Waals surface area contributed by atoms with Gasteiger partial charge in [-0.3, -0.25) is 4.79 Å². The minimum atomic E-state index is -0.553. The van der Waals surface area contributed by atoms with Crippen LogP contribution in [0.5, 0.6) is 5.75 Å². The number of halogens is 1. The largest absolute Gasteiger partial charge is 0.487 e. The maximum Gasteiger partial charge on any atom is 0.410 e. The molecule has 3 aromatic rings. The van der Waals surface area contributed by atoms with Crippen LogP contribution >= 0.6 is 11.6 Å². The first-order valence-corrected chi connectivity index (χ1v) is 17.0. The Bertz CT molecular complexity index is 1650. The van der Waals surface area contributed by atoms with Gasteiger partial charge in [0.2, 0.25) is 0 Å². The van der Waals surface area contributed by atoms with Crippen LogP contribution in [-0.2, 0) is 38.6 Å². The Balaban J connectivity index is 1.30. The van der Waals surface area contributed by atoms with E-state index in [1.165, 1.54) is 5.56 Å². The average Bonchev–Trinajstić information content (AvgIpc) is 3.02. The number of hydrogen-bond donors (Lipinski definition) is 0. The summed E-state index contributed by atoms with van der Waals surface area (Å²) in [5, 5.41) is 0.500. The highest BCUT2D eigenvalue weighted by Crippen LogP contribution is 2.37. The van der Waals surface area contributed by atoms with E-state index in [0.29, 0.717) is 50.0 Å². The molecule has 2 atom stereocenters. The van der Waals surface area contributed by atoms with E-state index in [4.69, 9.17) is 35.5 Å². The highest BCUT2D eigenvalue weighted by molar-refractivity contribution is 6.32. The van der Waals surface area contributed by atoms with Crippen LogP contribution in [0.4, 0.5) is 10.6 Å². The molecule has 1 fully saturated rings. The minimum absolute atomic E-state index is 0.228.